The van der Waals surface area contributed by atoms with Crippen LogP contribution in [0.4, 0.5) is 0 Å². The van der Waals surface area contributed by atoms with Crippen molar-refractivity contribution in [1.29, 1.82) is 0 Å². The van der Waals surface area contributed by atoms with Gasteiger partial charge in [0.25, 0.3) is 0 Å². The molecule has 0 radical (unpaired) electrons. The van der Waals surface area contributed by atoms with Crippen LogP contribution in [0.25, 0.3) is 6.08 Å². The van der Waals surface area contributed by atoms with Gasteiger partial charge in [-0.3, -0.25) is 4.79 Å². The van der Waals surface area contributed by atoms with Crippen molar-refractivity contribution in [2.45, 2.75) is 60.7 Å². The molecule has 18 heteroatoms. The summed E-state index contributed by atoms with van der Waals surface area (Å²) in [4.78, 5) is 28.4. The van der Waals surface area contributed by atoms with E-state index in [0.29, 0.717) is 0 Å². The average molecular weight is 723 g/mol. The lowest BCUT2D eigenvalue weighted by Crippen LogP contribution is -2.63. The Hall–Kier alpha value is -4.24. The Morgan fingerprint density at radius 1 is 0.882 bits per heavy atom. The number of phenols is 2. The molecule has 2 aromatic carbocycles. The summed E-state index contributed by atoms with van der Waals surface area (Å²) in [5.41, 5.74) is 0.491. The predicted molar refractivity (Wildman–Crippen MR) is 166 cm³/mol. The molecule has 3 aliphatic heterocycles. The summed E-state index contributed by atoms with van der Waals surface area (Å²) in [6.07, 6.45) is -12.9. The SMILES string of the molecule is COc1cc([C@@H]2c3c(cc(OC)c(O)c3OC)C=C3C(=O)OC[C@H]4O[C@@](CO)(O[C@H]5O[C@H](CO)[C@@H](O)[C@H](O)[C@H]5O)[C@@H](OC(=O)[C@@H]32)[C@@H]4O)ccc1O. The number of phenolic OH excluding ortho intramolecular Hbond substituents is 2. The lowest BCUT2D eigenvalue weighted by molar-refractivity contribution is -0.383. The number of rotatable bonds is 8. The molecule has 51 heavy (non-hydrogen) atoms. The molecule has 18 nitrogen and oxygen atoms in total. The molecule has 0 amide bonds. The third kappa shape index (κ3) is 6.01. The van der Waals surface area contributed by atoms with Crippen LogP contribution < -0.4 is 14.2 Å². The quantitative estimate of drug-likeness (QED) is 0.137. The van der Waals surface area contributed by atoms with Crippen molar-refractivity contribution in [1.82, 2.24) is 0 Å². The summed E-state index contributed by atoms with van der Waals surface area (Å²) >= 11 is 0. The number of fused-ring (bicyclic) bond motifs is 4. The summed E-state index contributed by atoms with van der Waals surface area (Å²) in [7, 11) is 3.87. The number of esters is 2. The normalized spacial score (nSPS) is 34.7. The van der Waals surface area contributed by atoms with E-state index in [1.165, 1.54) is 51.7 Å². The highest BCUT2D eigenvalue weighted by atomic mass is 16.8. The summed E-state index contributed by atoms with van der Waals surface area (Å²) in [5, 5.41) is 84.4. The van der Waals surface area contributed by atoms with Crippen molar-refractivity contribution in [2.24, 2.45) is 5.92 Å². The van der Waals surface area contributed by atoms with Crippen molar-refractivity contribution >= 4 is 18.0 Å². The molecule has 1 aliphatic carbocycles. The van der Waals surface area contributed by atoms with Gasteiger partial charge in [-0.1, -0.05) is 6.07 Å². The van der Waals surface area contributed by atoms with E-state index < -0.39 is 104 Å². The van der Waals surface area contributed by atoms with Gasteiger partial charge in [0, 0.05) is 11.5 Å². The van der Waals surface area contributed by atoms with E-state index in [9.17, 15) is 50.4 Å². The zero-order chi connectivity index (χ0) is 36.9. The Morgan fingerprint density at radius 3 is 2.25 bits per heavy atom. The van der Waals surface area contributed by atoms with E-state index in [4.69, 9.17) is 37.9 Å². The number of carbonyl (C=O) groups excluding carboxylic acids is 2. The average Bonchev–Trinajstić information content (AvgIpc) is 3.38. The number of benzene rings is 2. The summed E-state index contributed by atoms with van der Waals surface area (Å²) in [5.74, 6) is -8.47. The second kappa shape index (κ2) is 14.1. The highest BCUT2D eigenvalue weighted by Gasteiger charge is 2.62. The maximum atomic E-state index is 14.6. The molecular formula is C33H38O18. The van der Waals surface area contributed by atoms with Crippen LogP contribution in [0, 0.1) is 5.92 Å². The molecule has 4 aliphatic rings. The van der Waals surface area contributed by atoms with Gasteiger partial charge >= 0.3 is 11.9 Å². The maximum Gasteiger partial charge on any atom is 0.335 e. The summed E-state index contributed by atoms with van der Waals surface area (Å²) < 4.78 is 44.7. The van der Waals surface area contributed by atoms with Gasteiger partial charge in [-0.05, 0) is 35.4 Å². The van der Waals surface area contributed by atoms with E-state index in [2.05, 4.69) is 0 Å². The number of hydrogen-bond acceptors (Lipinski definition) is 18. The number of aliphatic hydroxyl groups is 6. The Kier molecular flexibility index (Phi) is 10.1. The molecule has 8 N–H and O–H groups in total. The van der Waals surface area contributed by atoms with Crippen LogP contribution in [0.5, 0.6) is 28.7 Å². The zero-order valence-corrected chi connectivity index (χ0v) is 27.4. The number of aliphatic hydroxyl groups excluding tert-OH is 6. The molecule has 3 saturated heterocycles. The lowest BCUT2D eigenvalue weighted by atomic mass is 9.70. The molecule has 0 spiro atoms. The minimum Gasteiger partial charge on any atom is -0.504 e. The van der Waals surface area contributed by atoms with Crippen molar-refractivity contribution in [3.8, 4) is 28.7 Å². The molecule has 3 heterocycles. The Labute approximate surface area is 289 Å². The van der Waals surface area contributed by atoms with Crippen LogP contribution >= 0.6 is 0 Å². The van der Waals surface area contributed by atoms with Crippen molar-refractivity contribution in [3.05, 3.63) is 46.5 Å². The first-order valence-corrected chi connectivity index (χ1v) is 15.7. The fourth-order valence-corrected chi connectivity index (χ4v) is 6.96. The second-order valence-corrected chi connectivity index (χ2v) is 12.3. The zero-order valence-electron chi connectivity index (χ0n) is 27.4. The summed E-state index contributed by atoms with van der Waals surface area (Å²) in [6.45, 7) is -2.63. The van der Waals surface area contributed by atoms with Crippen LogP contribution in [0.15, 0.2) is 29.8 Å². The smallest absolute Gasteiger partial charge is 0.335 e. The molecule has 2 bridgehead atoms. The molecule has 278 valence electrons. The number of cyclic esters (lactones) is 1. The van der Waals surface area contributed by atoms with Crippen LogP contribution in [0.3, 0.4) is 0 Å². The van der Waals surface area contributed by atoms with E-state index in [1.807, 2.05) is 0 Å². The van der Waals surface area contributed by atoms with Gasteiger partial charge in [0.15, 0.2) is 35.4 Å². The van der Waals surface area contributed by atoms with Gasteiger partial charge in [0.1, 0.15) is 55.8 Å². The number of methoxy groups -OCH3 is 3. The molecule has 6 rings (SSSR count). The fourth-order valence-electron chi connectivity index (χ4n) is 6.96. The maximum absolute atomic E-state index is 14.6. The third-order valence-electron chi connectivity index (χ3n) is 9.54. The monoisotopic (exact) mass is 722 g/mol. The number of carbonyl (C=O) groups is 2. The van der Waals surface area contributed by atoms with Gasteiger partial charge in [0.05, 0.1) is 33.5 Å². The van der Waals surface area contributed by atoms with Gasteiger partial charge < -0.3 is 78.7 Å². The van der Waals surface area contributed by atoms with Gasteiger partial charge in [-0.15, -0.1) is 0 Å². The van der Waals surface area contributed by atoms with Crippen molar-refractivity contribution in [2.75, 3.05) is 41.2 Å². The molecule has 0 unspecified atom stereocenters. The lowest BCUT2D eigenvalue weighted by Gasteiger charge is -2.43. The number of hydrogen-bond donors (Lipinski definition) is 8. The van der Waals surface area contributed by atoms with Gasteiger partial charge in [-0.2, -0.15) is 0 Å². The van der Waals surface area contributed by atoms with Gasteiger partial charge in [-0.25, -0.2) is 4.79 Å². The van der Waals surface area contributed by atoms with Crippen LogP contribution in [-0.4, -0.2) is 149 Å². The first-order valence-electron chi connectivity index (χ1n) is 15.7. The number of aromatic hydroxyl groups is 2. The Morgan fingerprint density at radius 2 is 1.61 bits per heavy atom. The van der Waals surface area contributed by atoms with Crippen molar-refractivity contribution < 1.29 is 88.3 Å². The van der Waals surface area contributed by atoms with Crippen LogP contribution in [-0.2, 0) is 33.3 Å². The van der Waals surface area contributed by atoms with E-state index in [-0.39, 0.29) is 45.3 Å². The minimum absolute atomic E-state index is 0.00709. The topological polar surface area (TPSA) is 270 Å². The van der Waals surface area contributed by atoms with Crippen molar-refractivity contribution in [3.63, 3.8) is 0 Å². The highest BCUT2D eigenvalue weighted by Crippen LogP contribution is 2.54. The molecule has 3 fully saturated rings. The van der Waals surface area contributed by atoms with Crippen LogP contribution in [0.2, 0.25) is 0 Å². The molecule has 0 aromatic heterocycles. The standard InChI is InChI=1S/C33H38O18/c1-44-16-7-12(4-5-15(16)36)20-21-13(8-17(45-2)24(38)28(21)46-3)6-14-22(20)31(43)49-29-25(39)19(10-47-30(14)42)50-33(29,11-35)51-32-27(41)26(40)23(37)18(9-34)48-32/h4-8,18-20,22-23,25-27,29,32,34-41H,9-11H2,1-3H3/t18-,19-,20-,22+,23-,25-,26+,27-,29+,32-,33+/m1/s1. The second-order valence-electron chi connectivity index (χ2n) is 12.3. The molecular weight excluding hydrogens is 684 g/mol. The minimum atomic E-state index is -2.53. The van der Waals surface area contributed by atoms with E-state index in [1.54, 1.807) is 0 Å². The largest absolute Gasteiger partial charge is 0.504 e. The predicted octanol–water partition coefficient (Wildman–Crippen LogP) is -2.00. The first kappa shape index (κ1) is 36.5. The third-order valence-corrected chi connectivity index (χ3v) is 9.54. The number of ether oxygens (including phenoxy) is 8. The van der Waals surface area contributed by atoms with E-state index >= 15 is 0 Å². The Bertz CT molecular complexity index is 1690. The molecule has 11 atom stereocenters. The fraction of sp³-hybridized carbons (Fsp3) is 0.515. The van der Waals surface area contributed by atoms with Gasteiger partial charge in [0.2, 0.25) is 11.5 Å². The molecule has 2 aromatic rings. The summed E-state index contributed by atoms with van der Waals surface area (Å²) in [6, 6.07) is 5.54. The van der Waals surface area contributed by atoms with E-state index in [0.717, 1.165) is 0 Å². The molecule has 0 saturated carbocycles. The highest BCUT2D eigenvalue weighted by molar-refractivity contribution is 6.02. The Balaban J connectivity index is 1.49. The first-order chi connectivity index (χ1) is 24.3. The van der Waals surface area contributed by atoms with Crippen LogP contribution in [0.1, 0.15) is 22.6 Å².